The topological polar surface area (TPSA) is 106 Å². The van der Waals surface area contributed by atoms with E-state index >= 15 is 0 Å². The monoisotopic (exact) mass is 394 g/mol. The fourth-order valence-electron chi connectivity index (χ4n) is 2.83. The predicted molar refractivity (Wildman–Crippen MR) is 112 cm³/mol. The highest BCUT2D eigenvalue weighted by atomic mass is 16.6. The summed E-state index contributed by atoms with van der Waals surface area (Å²) >= 11 is 0. The lowest BCUT2D eigenvalue weighted by Crippen LogP contribution is -2.27. The summed E-state index contributed by atoms with van der Waals surface area (Å²) in [6.45, 7) is 5.70. The van der Waals surface area contributed by atoms with E-state index < -0.39 is 16.6 Å². The van der Waals surface area contributed by atoms with Crippen molar-refractivity contribution < 1.29 is 14.5 Å². The molecule has 0 saturated carbocycles. The molecule has 0 unspecified atom stereocenters. The molecule has 3 rings (SSSR count). The lowest BCUT2D eigenvalue weighted by atomic mass is 10.1. The van der Waals surface area contributed by atoms with Gasteiger partial charge < -0.3 is 10.1 Å². The van der Waals surface area contributed by atoms with E-state index in [1.165, 1.54) is 6.20 Å². The highest BCUT2D eigenvalue weighted by Gasteiger charge is 2.18. The van der Waals surface area contributed by atoms with Crippen LogP contribution in [0.1, 0.15) is 26.3 Å². The molecule has 0 radical (unpaired) electrons. The Labute approximate surface area is 168 Å². The molecule has 8 heteroatoms. The minimum atomic E-state index is -0.593. The Morgan fingerprint density at radius 2 is 1.93 bits per heavy atom. The third-order valence-corrected chi connectivity index (χ3v) is 3.99. The fraction of sp³-hybridized carbons (Fsp3) is 0.238. The highest BCUT2D eigenvalue weighted by molar-refractivity contribution is 5.95. The molecule has 0 spiro atoms. The number of para-hydroxylation sites is 1. The van der Waals surface area contributed by atoms with E-state index in [9.17, 15) is 14.9 Å². The number of nitro groups is 1. The van der Waals surface area contributed by atoms with Gasteiger partial charge >= 0.3 is 11.8 Å². The van der Waals surface area contributed by atoms with Crippen LogP contribution in [0.5, 0.6) is 0 Å². The van der Waals surface area contributed by atoms with Crippen LogP contribution in [0, 0.1) is 10.1 Å². The number of amides is 1. The molecular weight excluding hydrogens is 372 g/mol. The molecular formula is C21H22N4O4. The van der Waals surface area contributed by atoms with Crippen molar-refractivity contribution in [3.8, 4) is 0 Å². The van der Waals surface area contributed by atoms with E-state index in [1.807, 2.05) is 18.2 Å². The number of hydrogen-bond donors (Lipinski definition) is 2. The molecule has 29 heavy (non-hydrogen) atoms. The summed E-state index contributed by atoms with van der Waals surface area (Å²) in [5.41, 5.74) is 1.81. The van der Waals surface area contributed by atoms with Crippen LogP contribution in [0.25, 0.3) is 10.9 Å². The average molecular weight is 394 g/mol. The first-order valence-corrected chi connectivity index (χ1v) is 9.08. The molecule has 0 bridgehead atoms. The third kappa shape index (κ3) is 5.19. The van der Waals surface area contributed by atoms with Crippen LogP contribution in [0.3, 0.4) is 0 Å². The summed E-state index contributed by atoms with van der Waals surface area (Å²) in [5.74, 6) is 0. The molecule has 8 nitrogen and oxygen atoms in total. The SMILES string of the molecule is CC(C)(C)OC(=O)Nc1cccc(CNc2c([N+](=O)[O-])cnc3ccccc23)c1. The summed E-state index contributed by atoms with van der Waals surface area (Å²) in [5, 5.41) is 17.9. The molecule has 0 aliphatic carbocycles. The second-order valence-corrected chi connectivity index (χ2v) is 7.47. The van der Waals surface area contributed by atoms with Crippen LogP contribution in [-0.4, -0.2) is 21.6 Å². The van der Waals surface area contributed by atoms with E-state index in [-0.39, 0.29) is 5.69 Å². The summed E-state index contributed by atoms with van der Waals surface area (Å²) in [7, 11) is 0. The van der Waals surface area contributed by atoms with Crippen LogP contribution >= 0.6 is 0 Å². The first kappa shape index (κ1) is 20.1. The maximum absolute atomic E-state index is 12.0. The van der Waals surface area contributed by atoms with Crippen LogP contribution in [-0.2, 0) is 11.3 Å². The zero-order chi connectivity index (χ0) is 21.0. The molecule has 1 heterocycles. The number of nitrogens with one attached hydrogen (secondary N) is 2. The van der Waals surface area contributed by atoms with E-state index in [0.29, 0.717) is 28.8 Å². The molecule has 3 aromatic rings. The van der Waals surface area contributed by atoms with Crippen molar-refractivity contribution in [1.29, 1.82) is 0 Å². The Morgan fingerprint density at radius 3 is 2.66 bits per heavy atom. The van der Waals surface area contributed by atoms with Gasteiger partial charge in [0.1, 0.15) is 17.5 Å². The first-order chi connectivity index (χ1) is 13.7. The smallest absolute Gasteiger partial charge is 0.412 e. The highest BCUT2D eigenvalue weighted by Crippen LogP contribution is 2.31. The van der Waals surface area contributed by atoms with Crippen LogP contribution < -0.4 is 10.6 Å². The molecule has 0 atom stereocenters. The molecule has 1 amide bonds. The molecule has 2 aromatic carbocycles. The van der Waals surface area contributed by atoms with Gasteiger partial charge in [-0.3, -0.25) is 15.4 Å². The standard InChI is InChI=1S/C21H22N4O4/c1-21(2,3)29-20(26)24-15-8-6-7-14(11-15)12-23-19-16-9-4-5-10-17(16)22-13-18(19)25(27)28/h4-11,13H,12H2,1-3H3,(H,22,23)(H,24,26). The maximum Gasteiger partial charge on any atom is 0.412 e. The summed E-state index contributed by atoms with van der Waals surface area (Å²) in [6.07, 6.45) is 0.712. The predicted octanol–water partition coefficient (Wildman–Crippen LogP) is 5.10. The number of anilines is 2. The van der Waals surface area contributed by atoms with Gasteiger partial charge in [0.15, 0.2) is 0 Å². The van der Waals surface area contributed by atoms with Gasteiger partial charge in [-0.05, 0) is 44.5 Å². The average Bonchev–Trinajstić information content (AvgIpc) is 2.64. The number of aromatic nitrogens is 1. The lowest BCUT2D eigenvalue weighted by Gasteiger charge is -2.19. The number of benzene rings is 2. The van der Waals surface area contributed by atoms with Crippen molar-refractivity contribution in [3.63, 3.8) is 0 Å². The molecule has 150 valence electrons. The van der Waals surface area contributed by atoms with Gasteiger partial charge in [0.25, 0.3) is 0 Å². The number of ether oxygens (including phenoxy) is 1. The van der Waals surface area contributed by atoms with Gasteiger partial charge in [0.2, 0.25) is 0 Å². The Kier molecular flexibility index (Phi) is 5.63. The number of pyridine rings is 1. The van der Waals surface area contributed by atoms with E-state index in [2.05, 4.69) is 15.6 Å². The van der Waals surface area contributed by atoms with Gasteiger partial charge in [-0.25, -0.2) is 9.78 Å². The van der Waals surface area contributed by atoms with Gasteiger partial charge in [0, 0.05) is 17.6 Å². The van der Waals surface area contributed by atoms with Gasteiger partial charge in [-0.1, -0.05) is 30.3 Å². The Balaban J connectivity index is 1.79. The molecule has 2 N–H and O–H groups in total. The zero-order valence-corrected chi connectivity index (χ0v) is 16.4. The number of nitrogens with zero attached hydrogens (tertiary/aromatic N) is 2. The van der Waals surface area contributed by atoms with Crippen molar-refractivity contribution in [2.75, 3.05) is 10.6 Å². The van der Waals surface area contributed by atoms with Crippen molar-refractivity contribution in [2.24, 2.45) is 0 Å². The van der Waals surface area contributed by atoms with Crippen molar-refractivity contribution >= 4 is 34.1 Å². The van der Waals surface area contributed by atoms with Crippen LogP contribution in [0.4, 0.5) is 21.9 Å². The number of rotatable bonds is 5. The normalized spacial score (nSPS) is 11.1. The largest absolute Gasteiger partial charge is 0.444 e. The van der Waals surface area contributed by atoms with E-state index in [4.69, 9.17) is 4.74 Å². The number of carbonyl (C=O) groups excluding carboxylic acids is 1. The first-order valence-electron chi connectivity index (χ1n) is 9.08. The minimum Gasteiger partial charge on any atom is -0.444 e. The van der Waals surface area contributed by atoms with Gasteiger partial charge in [0.05, 0.1) is 10.4 Å². The Morgan fingerprint density at radius 1 is 1.17 bits per heavy atom. The van der Waals surface area contributed by atoms with Crippen molar-refractivity contribution in [1.82, 2.24) is 4.98 Å². The molecule has 1 aromatic heterocycles. The molecule has 0 fully saturated rings. The summed E-state index contributed by atoms with van der Waals surface area (Å²) in [6, 6.07) is 14.4. The molecule has 0 aliphatic rings. The molecule has 0 aliphatic heterocycles. The Hall–Kier alpha value is -3.68. The molecule has 0 saturated heterocycles. The summed E-state index contributed by atoms with van der Waals surface area (Å²) in [4.78, 5) is 27.1. The van der Waals surface area contributed by atoms with Crippen LogP contribution in [0.15, 0.2) is 54.7 Å². The van der Waals surface area contributed by atoms with Crippen LogP contribution in [0.2, 0.25) is 0 Å². The number of carbonyl (C=O) groups is 1. The van der Waals surface area contributed by atoms with E-state index in [1.54, 1.807) is 51.1 Å². The fourth-order valence-corrected chi connectivity index (χ4v) is 2.83. The van der Waals surface area contributed by atoms with Gasteiger partial charge in [-0.2, -0.15) is 0 Å². The number of hydrogen-bond acceptors (Lipinski definition) is 6. The van der Waals surface area contributed by atoms with Crippen molar-refractivity contribution in [3.05, 3.63) is 70.4 Å². The second-order valence-electron chi connectivity index (χ2n) is 7.47. The zero-order valence-electron chi connectivity index (χ0n) is 16.4. The van der Waals surface area contributed by atoms with E-state index in [0.717, 1.165) is 5.56 Å². The number of fused-ring (bicyclic) bond motifs is 1. The summed E-state index contributed by atoms with van der Waals surface area (Å²) < 4.78 is 5.25. The lowest BCUT2D eigenvalue weighted by molar-refractivity contribution is -0.384. The second kappa shape index (κ2) is 8.14. The Bertz CT molecular complexity index is 1060. The van der Waals surface area contributed by atoms with Crippen molar-refractivity contribution in [2.45, 2.75) is 32.9 Å². The maximum atomic E-state index is 12.0. The van der Waals surface area contributed by atoms with Gasteiger partial charge in [-0.15, -0.1) is 0 Å². The minimum absolute atomic E-state index is 0.0910. The quantitative estimate of drug-likeness (QED) is 0.460. The third-order valence-electron chi connectivity index (χ3n) is 3.99.